The third-order valence-electron chi connectivity index (χ3n) is 2.74. The molecule has 1 aromatic carbocycles. The Bertz CT molecular complexity index is 742. The van der Waals surface area contributed by atoms with E-state index in [1.54, 1.807) is 0 Å². The van der Waals surface area contributed by atoms with Crippen molar-refractivity contribution < 1.29 is 9.47 Å². The number of ether oxygens (including phenoxy) is 2. The van der Waals surface area contributed by atoms with Crippen molar-refractivity contribution in [3.05, 3.63) is 35.9 Å². The van der Waals surface area contributed by atoms with E-state index in [0.717, 1.165) is 12.2 Å². The molecular formula is C14H13ClN4O2. The number of nitrogens with zero attached hydrogens (tertiary/aromatic N) is 3. The molecule has 0 spiro atoms. The van der Waals surface area contributed by atoms with Crippen molar-refractivity contribution in [1.29, 1.82) is 0 Å². The van der Waals surface area contributed by atoms with Gasteiger partial charge in [-0.3, -0.25) is 0 Å². The molecule has 0 fully saturated rings. The van der Waals surface area contributed by atoms with Gasteiger partial charge in [0.2, 0.25) is 11.2 Å². The molecule has 0 radical (unpaired) electrons. The lowest BCUT2D eigenvalue weighted by molar-refractivity contribution is 0.317. The zero-order chi connectivity index (χ0) is 14.7. The molecule has 0 bridgehead atoms. The van der Waals surface area contributed by atoms with E-state index in [0.29, 0.717) is 29.4 Å². The van der Waals surface area contributed by atoms with Gasteiger partial charge in [0, 0.05) is 0 Å². The third-order valence-corrected chi connectivity index (χ3v) is 2.91. The van der Waals surface area contributed by atoms with Crippen molar-refractivity contribution in [2.75, 3.05) is 6.61 Å². The van der Waals surface area contributed by atoms with Crippen LogP contribution in [0.25, 0.3) is 11.2 Å². The molecule has 0 saturated heterocycles. The second-order valence-corrected chi connectivity index (χ2v) is 4.66. The highest BCUT2D eigenvalue weighted by atomic mass is 35.5. The van der Waals surface area contributed by atoms with E-state index in [4.69, 9.17) is 21.1 Å². The Kier molecular flexibility index (Phi) is 3.87. The number of H-pyrrole nitrogens is 1. The average molecular weight is 305 g/mol. The summed E-state index contributed by atoms with van der Waals surface area (Å²) in [5.41, 5.74) is 1.07. The van der Waals surface area contributed by atoms with E-state index in [1.807, 2.05) is 24.3 Å². The van der Waals surface area contributed by atoms with Gasteiger partial charge in [-0.2, -0.15) is 9.97 Å². The van der Waals surface area contributed by atoms with Gasteiger partial charge in [-0.15, -0.1) is 0 Å². The fourth-order valence-electron chi connectivity index (χ4n) is 1.79. The Morgan fingerprint density at radius 3 is 2.67 bits per heavy atom. The molecule has 1 N–H and O–H groups in total. The molecule has 2 aromatic heterocycles. The molecule has 3 aromatic rings. The summed E-state index contributed by atoms with van der Waals surface area (Å²) in [6, 6.07) is 7.31. The van der Waals surface area contributed by atoms with Gasteiger partial charge in [0.25, 0.3) is 0 Å². The van der Waals surface area contributed by atoms with Gasteiger partial charge in [-0.05, 0) is 42.3 Å². The number of benzene rings is 1. The first-order valence-electron chi connectivity index (χ1n) is 6.53. The van der Waals surface area contributed by atoms with Crippen LogP contribution < -0.4 is 9.47 Å². The van der Waals surface area contributed by atoms with Crippen LogP contribution in [-0.2, 0) is 0 Å². The van der Waals surface area contributed by atoms with E-state index in [9.17, 15) is 0 Å². The quantitative estimate of drug-likeness (QED) is 0.729. The summed E-state index contributed by atoms with van der Waals surface area (Å²) in [5.74, 6) is 1.77. The fourth-order valence-corrected chi connectivity index (χ4v) is 1.95. The van der Waals surface area contributed by atoms with Crippen LogP contribution in [0.2, 0.25) is 5.28 Å². The minimum atomic E-state index is 0.0903. The molecule has 7 heteroatoms. The summed E-state index contributed by atoms with van der Waals surface area (Å²) in [6.45, 7) is 2.75. The third kappa shape index (κ3) is 3.05. The lowest BCUT2D eigenvalue weighted by atomic mass is 10.3. The monoisotopic (exact) mass is 304 g/mol. The minimum absolute atomic E-state index is 0.0903. The number of halogens is 1. The van der Waals surface area contributed by atoms with Crippen molar-refractivity contribution in [3.8, 4) is 17.4 Å². The molecule has 21 heavy (non-hydrogen) atoms. The van der Waals surface area contributed by atoms with E-state index in [1.165, 1.54) is 6.33 Å². The zero-order valence-corrected chi connectivity index (χ0v) is 12.1. The van der Waals surface area contributed by atoms with Gasteiger partial charge < -0.3 is 14.5 Å². The number of rotatable bonds is 5. The van der Waals surface area contributed by atoms with E-state index in [2.05, 4.69) is 26.9 Å². The highest BCUT2D eigenvalue weighted by Crippen LogP contribution is 2.27. The topological polar surface area (TPSA) is 72.9 Å². The standard InChI is InChI=1S/C14H13ClN4O2/c1-2-7-20-9-3-5-10(6-4-9)21-13-11-12(17-8-16-11)18-14(15)19-13/h3-6,8H,2,7H2,1H3,(H,16,17,18,19). The normalized spacial score (nSPS) is 10.8. The lowest BCUT2D eigenvalue weighted by Gasteiger charge is -2.07. The van der Waals surface area contributed by atoms with Crippen LogP contribution in [0.5, 0.6) is 17.4 Å². The molecule has 3 rings (SSSR count). The van der Waals surface area contributed by atoms with Gasteiger partial charge in [-0.25, -0.2) is 4.98 Å². The van der Waals surface area contributed by atoms with Gasteiger partial charge in [0.15, 0.2) is 5.65 Å². The van der Waals surface area contributed by atoms with Crippen LogP contribution in [0, 0.1) is 0 Å². The Balaban J connectivity index is 1.83. The number of aromatic amines is 1. The predicted molar refractivity (Wildman–Crippen MR) is 79.0 cm³/mol. The maximum absolute atomic E-state index is 5.85. The maximum atomic E-state index is 5.85. The summed E-state index contributed by atoms with van der Waals surface area (Å²) in [7, 11) is 0. The summed E-state index contributed by atoms with van der Waals surface area (Å²) in [4.78, 5) is 15.0. The van der Waals surface area contributed by atoms with Crippen LogP contribution >= 0.6 is 11.6 Å². The number of fused-ring (bicyclic) bond motifs is 1. The molecule has 108 valence electrons. The fraction of sp³-hybridized carbons (Fsp3) is 0.214. The van der Waals surface area contributed by atoms with Crippen molar-refractivity contribution in [2.45, 2.75) is 13.3 Å². The zero-order valence-electron chi connectivity index (χ0n) is 11.3. The Labute approximate surface area is 126 Å². The van der Waals surface area contributed by atoms with Gasteiger partial charge in [0.1, 0.15) is 17.0 Å². The summed E-state index contributed by atoms with van der Waals surface area (Å²) in [5, 5.41) is 0.0903. The second kappa shape index (κ2) is 5.97. The van der Waals surface area contributed by atoms with E-state index >= 15 is 0 Å². The predicted octanol–water partition coefficient (Wildman–Crippen LogP) is 3.59. The highest BCUT2D eigenvalue weighted by Gasteiger charge is 2.11. The Morgan fingerprint density at radius 1 is 1.14 bits per heavy atom. The molecule has 0 amide bonds. The van der Waals surface area contributed by atoms with Gasteiger partial charge in [-0.1, -0.05) is 6.92 Å². The molecule has 0 atom stereocenters. The van der Waals surface area contributed by atoms with Crippen LogP contribution in [0.1, 0.15) is 13.3 Å². The van der Waals surface area contributed by atoms with E-state index < -0.39 is 0 Å². The van der Waals surface area contributed by atoms with E-state index in [-0.39, 0.29) is 5.28 Å². The van der Waals surface area contributed by atoms with Crippen LogP contribution in [-0.4, -0.2) is 26.5 Å². The summed E-state index contributed by atoms with van der Waals surface area (Å²) < 4.78 is 11.2. The smallest absolute Gasteiger partial charge is 0.250 e. The SMILES string of the molecule is CCCOc1ccc(Oc2nc(Cl)nc3nc[nH]c23)cc1. The summed E-state index contributed by atoms with van der Waals surface area (Å²) >= 11 is 5.85. The van der Waals surface area contributed by atoms with Crippen molar-refractivity contribution in [3.63, 3.8) is 0 Å². The minimum Gasteiger partial charge on any atom is -0.494 e. The first-order valence-corrected chi connectivity index (χ1v) is 6.91. The van der Waals surface area contributed by atoms with Crippen molar-refractivity contribution in [1.82, 2.24) is 19.9 Å². The summed E-state index contributed by atoms with van der Waals surface area (Å²) in [6.07, 6.45) is 2.49. The number of imidazole rings is 1. The van der Waals surface area contributed by atoms with Crippen LogP contribution in [0.4, 0.5) is 0 Å². The number of aromatic nitrogens is 4. The van der Waals surface area contributed by atoms with Gasteiger partial charge in [0.05, 0.1) is 12.9 Å². The number of hydrogen-bond donors (Lipinski definition) is 1. The average Bonchev–Trinajstić information content (AvgIpc) is 2.95. The van der Waals surface area contributed by atoms with Crippen LogP contribution in [0.15, 0.2) is 30.6 Å². The molecule has 0 aliphatic heterocycles. The number of nitrogens with one attached hydrogen (secondary N) is 1. The lowest BCUT2D eigenvalue weighted by Crippen LogP contribution is -1.95. The largest absolute Gasteiger partial charge is 0.494 e. The number of hydrogen-bond acceptors (Lipinski definition) is 5. The maximum Gasteiger partial charge on any atom is 0.250 e. The molecule has 2 heterocycles. The molecule has 0 saturated carbocycles. The highest BCUT2D eigenvalue weighted by molar-refractivity contribution is 6.28. The first-order chi connectivity index (χ1) is 10.3. The van der Waals surface area contributed by atoms with Crippen LogP contribution in [0.3, 0.4) is 0 Å². The van der Waals surface area contributed by atoms with Gasteiger partial charge >= 0.3 is 0 Å². The van der Waals surface area contributed by atoms with Crippen molar-refractivity contribution in [2.24, 2.45) is 0 Å². The Hall–Kier alpha value is -2.34. The Morgan fingerprint density at radius 2 is 1.90 bits per heavy atom. The molecule has 0 unspecified atom stereocenters. The molecule has 0 aliphatic rings. The van der Waals surface area contributed by atoms with Crippen molar-refractivity contribution >= 4 is 22.8 Å². The molecule has 0 aliphatic carbocycles. The molecular weight excluding hydrogens is 292 g/mol. The molecule has 6 nitrogen and oxygen atoms in total. The second-order valence-electron chi connectivity index (χ2n) is 4.32. The first kappa shape index (κ1) is 13.6.